The maximum atomic E-state index is 12.8. The molecular weight excluding hydrogens is 330 g/mol. The molecule has 0 aliphatic carbocycles. The fraction of sp³-hybridized carbons (Fsp3) is 0.350. The van der Waals surface area contributed by atoms with E-state index in [4.69, 9.17) is 0 Å². The van der Waals surface area contributed by atoms with Crippen LogP contribution in [0.15, 0.2) is 53.6 Å². The van der Waals surface area contributed by atoms with Crippen molar-refractivity contribution < 1.29 is 4.79 Å². The van der Waals surface area contributed by atoms with Gasteiger partial charge in [0.2, 0.25) is 0 Å². The van der Waals surface area contributed by atoms with Gasteiger partial charge in [-0.3, -0.25) is 4.79 Å². The molecule has 1 saturated heterocycles. The highest BCUT2D eigenvalue weighted by molar-refractivity contribution is 7.09. The van der Waals surface area contributed by atoms with Gasteiger partial charge >= 0.3 is 0 Å². The topological polar surface area (TPSA) is 57.0 Å². The number of allylic oxidation sites excluding steroid dienone is 1. The molecule has 0 radical (unpaired) electrons. The number of nitrogens with zero attached hydrogens (tertiary/aromatic N) is 3. The van der Waals surface area contributed by atoms with Crippen molar-refractivity contribution in [3.8, 4) is 6.07 Å². The molecule has 1 amide bonds. The number of rotatable bonds is 6. The summed E-state index contributed by atoms with van der Waals surface area (Å²) in [5.41, 5.74) is 1.41. The molecule has 1 aromatic heterocycles. The molecule has 2 aromatic rings. The highest BCUT2D eigenvalue weighted by Crippen LogP contribution is 2.32. The molecule has 1 aliphatic rings. The molecule has 1 atom stereocenters. The zero-order valence-corrected chi connectivity index (χ0v) is 14.9. The van der Waals surface area contributed by atoms with Gasteiger partial charge in [-0.1, -0.05) is 36.4 Å². The van der Waals surface area contributed by atoms with Gasteiger partial charge in [-0.25, -0.2) is 4.98 Å². The van der Waals surface area contributed by atoms with Gasteiger partial charge in [0.25, 0.3) is 5.91 Å². The number of thiazole rings is 1. The fourth-order valence-corrected chi connectivity index (χ4v) is 3.91. The quantitative estimate of drug-likeness (QED) is 0.443. The molecule has 5 heteroatoms. The van der Waals surface area contributed by atoms with Crippen molar-refractivity contribution in [3.05, 3.63) is 64.1 Å². The smallest absolute Gasteiger partial charge is 0.264 e. The van der Waals surface area contributed by atoms with E-state index < -0.39 is 0 Å². The first-order chi connectivity index (χ1) is 12.3. The lowest BCUT2D eigenvalue weighted by Crippen LogP contribution is -2.31. The average molecular weight is 351 g/mol. The van der Waals surface area contributed by atoms with E-state index in [2.05, 4.69) is 23.2 Å². The van der Waals surface area contributed by atoms with Crippen molar-refractivity contribution in [2.75, 3.05) is 6.54 Å². The molecule has 0 saturated carbocycles. The molecule has 1 aromatic carbocycles. The van der Waals surface area contributed by atoms with Crippen LogP contribution in [-0.4, -0.2) is 22.3 Å². The summed E-state index contributed by atoms with van der Waals surface area (Å²) in [6, 6.07) is 12.3. The number of amides is 1. The molecule has 1 unspecified atom stereocenters. The normalized spacial score (nSPS) is 17.5. The molecule has 0 bridgehead atoms. The maximum Gasteiger partial charge on any atom is 0.264 e. The first kappa shape index (κ1) is 17.4. The number of likely N-dealkylation sites (tertiary alicyclic amines) is 1. The van der Waals surface area contributed by atoms with Crippen LogP contribution in [0.2, 0.25) is 0 Å². The highest BCUT2D eigenvalue weighted by Gasteiger charge is 2.31. The molecular formula is C20H21N3OS. The first-order valence-corrected chi connectivity index (χ1v) is 9.52. The summed E-state index contributed by atoms with van der Waals surface area (Å²) < 4.78 is 0. The second kappa shape index (κ2) is 8.59. The van der Waals surface area contributed by atoms with Gasteiger partial charge in [0.05, 0.1) is 11.0 Å². The predicted molar refractivity (Wildman–Crippen MR) is 98.9 cm³/mol. The Morgan fingerprint density at radius 3 is 2.96 bits per heavy atom. The number of aromatic nitrogens is 1. The van der Waals surface area contributed by atoms with Crippen LogP contribution < -0.4 is 0 Å². The third-order valence-electron chi connectivity index (χ3n) is 4.48. The van der Waals surface area contributed by atoms with Crippen LogP contribution in [0, 0.1) is 11.3 Å². The van der Waals surface area contributed by atoms with Crippen molar-refractivity contribution in [3.63, 3.8) is 0 Å². The lowest BCUT2D eigenvalue weighted by molar-refractivity contribution is -0.127. The van der Waals surface area contributed by atoms with Crippen LogP contribution in [0.3, 0.4) is 0 Å². The average Bonchev–Trinajstić information content (AvgIpc) is 3.34. The Hall–Kier alpha value is -2.45. The lowest BCUT2D eigenvalue weighted by Gasteiger charge is -2.24. The van der Waals surface area contributed by atoms with Crippen molar-refractivity contribution in [1.29, 1.82) is 5.26 Å². The second-order valence-corrected chi connectivity index (χ2v) is 7.09. The number of hydrogen-bond acceptors (Lipinski definition) is 4. The standard InChI is InChI=1S/C20H21N3OS/c21-15-17(9-4-5-11-19-22-12-14-25-19)20(24)23-13-6-10-18(23)16-7-2-1-3-8-16/h1-3,7-9,12,14,18H,4-6,10-11,13H2/b17-9+. The van der Waals surface area contributed by atoms with Gasteiger partial charge in [-0.05, 0) is 37.7 Å². The summed E-state index contributed by atoms with van der Waals surface area (Å²) in [7, 11) is 0. The van der Waals surface area contributed by atoms with Crippen LogP contribution in [0.5, 0.6) is 0 Å². The fourth-order valence-electron chi connectivity index (χ4n) is 3.24. The van der Waals surface area contributed by atoms with Crippen LogP contribution >= 0.6 is 11.3 Å². The first-order valence-electron chi connectivity index (χ1n) is 8.64. The lowest BCUT2D eigenvalue weighted by atomic mass is 10.0. The zero-order valence-electron chi connectivity index (χ0n) is 14.1. The molecule has 2 heterocycles. The van der Waals surface area contributed by atoms with E-state index in [1.165, 1.54) is 0 Å². The molecule has 25 heavy (non-hydrogen) atoms. The largest absolute Gasteiger partial charge is 0.331 e. The van der Waals surface area contributed by atoms with E-state index in [0.29, 0.717) is 0 Å². The number of unbranched alkanes of at least 4 members (excludes halogenated alkanes) is 1. The zero-order chi connectivity index (χ0) is 17.5. The third-order valence-corrected chi connectivity index (χ3v) is 5.31. The summed E-state index contributed by atoms with van der Waals surface area (Å²) in [5, 5.41) is 12.5. The minimum atomic E-state index is -0.136. The van der Waals surface area contributed by atoms with Crippen LogP contribution in [0.1, 0.15) is 42.3 Å². The summed E-state index contributed by atoms with van der Waals surface area (Å²) >= 11 is 1.64. The monoisotopic (exact) mass is 351 g/mol. The Balaban J connectivity index is 1.62. The van der Waals surface area contributed by atoms with Crippen molar-refractivity contribution in [2.45, 2.75) is 38.1 Å². The molecule has 128 valence electrons. The minimum Gasteiger partial charge on any atom is -0.331 e. The molecule has 3 rings (SSSR count). The van der Waals surface area contributed by atoms with E-state index in [-0.39, 0.29) is 17.5 Å². The van der Waals surface area contributed by atoms with E-state index >= 15 is 0 Å². The minimum absolute atomic E-state index is 0.0840. The van der Waals surface area contributed by atoms with Gasteiger partial charge in [0.15, 0.2) is 0 Å². The van der Waals surface area contributed by atoms with Gasteiger partial charge in [-0.2, -0.15) is 5.26 Å². The number of aryl methyl sites for hydroxylation is 1. The summed E-state index contributed by atoms with van der Waals surface area (Å²) in [5.74, 6) is -0.136. The second-order valence-electron chi connectivity index (χ2n) is 6.11. The van der Waals surface area contributed by atoms with Gasteiger partial charge < -0.3 is 4.90 Å². The van der Waals surface area contributed by atoms with Gasteiger partial charge in [0, 0.05) is 18.1 Å². The Labute approximate surface area is 152 Å². The van der Waals surface area contributed by atoms with Gasteiger partial charge in [0.1, 0.15) is 11.6 Å². The molecule has 4 nitrogen and oxygen atoms in total. The summed E-state index contributed by atoms with van der Waals surface area (Å²) in [4.78, 5) is 18.9. The van der Waals surface area contributed by atoms with Gasteiger partial charge in [-0.15, -0.1) is 11.3 Å². The van der Waals surface area contributed by atoms with Crippen LogP contribution in [-0.2, 0) is 11.2 Å². The summed E-state index contributed by atoms with van der Waals surface area (Å²) in [6.45, 7) is 0.719. The number of benzene rings is 1. The van der Waals surface area contributed by atoms with Crippen molar-refractivity contribution in [2.24, 2.45) is 0 Å². The molecule has 0 N–H and O–H groups in total. The van der Waals surface area contributed by atoms with E-state index in [0.717, 1.165) is 49.2 Å². The molecule has 0 spiro atoms. The highest BCUT2D eigenvalue weighted by atomic mass is 32.1. The Morgan fingerprint density at radius 2 is 2.24 bits per heavy atom. The number of hydrogen-bond donors (Lipinski definition) is 0. The molecule has 1 aliphatic heterocycles. The molecule has 1 fully saturated rings. The van der Waals surface area contributed by atoms with Crippen LogP contribution in [0.25, 0.3) is 0 Å². The van der Waals surface area contributed by atoms with E-state index in [1.807, 2.05) is 28.5 Å². The predicted octanol–water partition coefficient (Wildman–Crippen LogP) is 4.28. The number of carbonyl (C=O) groups is 1. The SMILES string of the molecule is N#C/C(=C\CCCc1nccs1)C(=O)N1CCCC1c1ccccc1. The Bertz CT molecular complexity index is 762. The third kappa shape index (κ3) is 4.34. The number of carbonyl (C=O) groups excluding carboxylic acids is 1. The summed E-state index contributed by atoms with van der Waals surface area (Å²) in [6.07, 6.45) is 8.03. The van der Waals surface area contributed by atoms with Crippen molar-refractivity contribution in [1.82, 2.24) is 9.88 Å². The van der Waals surface area contributed by atoms with Crippen LogP contribution in [0.4, 0.5) is 0 Å². The number of nitriles is 1. The van der Waals surface area contributed by atoms with E-state index in [1.54, 1.807) is 23.6 Å². The Morgan fingerprint density at radius 1 is 1.40 bits per heavy atom. The van der Waals surface area contributed by atoms with Crippen molar-refractivity contribution >= 4 is 17.2 Å². The van der Waals surface area contributed by atoms with E-state index in [9.17, 15) is 10.1 Å². The maximum absolute atomic E-state index is 12.8. The Kier molecular flexibility index (Phi) is 5.97.